The maximum Gasteiger partial charge on any atom is 0.106 e. The smallest absolute Gasteiger partial charge is 0.106 e. The number of halogens is 1. The van der Waals surface area contributed by atoms with Gasteiger partial charge >= 0.3 is 0 Å². The van der Waals surface area contributed by atoms with Crippen LogP contribution in [-0.2, 0) is 0 Å². The standard InChI is InChI=1S/C10H13BrN2S/c1-10(2,3)14-13-7-8-4-5-12-9(11)6-8/h4-7H,1-3H3/b13-7+. The van der Waals surface area contributed by atoms with Gasteiger partial charge in [0.1, 0.15) is 4.60 Å². The van der Waals surface area contributed by atoms with Crippen LogP contribution in [0.1, 0.15) is 26.3 Å². The molecule has 0 radical (unpaired) electrons. The van der Waals surface area contributed by atoms with Gasteiger partial charge in [0.2, 0.25) is 0 Å². The first-order valence-corrected chi connectivity index (χ1v) is 5.87. The molecule has 14 heavy (non-hydrogen) atoms. The number of nitrogens with zero attached hydrogens (tertiary/aromatic N) is 2. The molecule has 0 saturated heterocycles. The fraction of sp³-hybridized carbons (Fsp3) is 0.400. The molecule has 0 aliphatic carbocycles. The molecule has 1 aromatic rings. The molecule has 2 nitrogen and oxygen atoms in total. The van der Waals surface area contributed by atoms with Gasteiger partial charge in [-0.2, -0.15) is 0 Å². The first-order chi connectivity index (χ1) is 6.47. The maximum absolute atomic E-state index is 4.30. The van der Waals surface area contributed by atoms with Crippen LogP contribution in [0.5, 0.6) is 0 Å². The highest BCUT2D eigenvalue weighted by atomic mass is 79.9. The molecule has 0 amide bonds. The molecular formula is C10H13BrN2S. The second-order valence-corrected chi connectivity index (χ2v) is 6.28. The Morgan fingerprint density at radius 2 is 2.21 bits per heavy atom. The second-order valence-electron chi connectivity index (χ2n) is 3.85. The molecule has 0 aliphatic rings. The summed E-state index contributed by atoms with van der Waals surface area (Å²) in [5.41, 5.74) is 1.06. The Bertz CT molecular complexity index is 331. The lowest BCUT2D eigenvalue weighted by Crippen LogP contribution is -2.04. The summed E-state index contributed by atoms with van der Waals surface area (Å²) < 4.78 is 5.30. The van der Waals surface area contributed by atoms with Crippen molar-refractivity contribution in [1.29, 1.82) is 0 Å². The zero-order valence-corrected chi connectivity index (χ0v) is 10.9. The Kier molecular flexibility index (Phi) is 4.13. The highest BCUT2D eigenvalue weighted by Crippen LogP contribution is 2.23. The molecule has 4 heteroatoms. The van der Waals surface area contributed by atoms with Crippen LogP contribution in [0.3, 0.4) is 0 Å². The fourth-order valence-corrected chi connectivity index (χ4v) is 1.62. The summed E-state index contributed by atoms with van der Waals surface area (Å²) in [6.45, 7) is 6.41. The van der Waals surface area contributed by atoms with Gasteiger partial charge in [0.15, 0.2) is 0 Å². The van der Waals surface area contributed by atoms with E-state index in [-0.39, 0.29) is 4.75 Å². The van der Waals surface area contributed by atoms with Gasteiger partial charge in [-0.15, -0.1) is 0 Å². The first-order valence-electron chi connectivity index (χ1n) is 4.30. The molecule has 76 valence electrons. The Balaban J connectivity index is 2.61. The van der Waals surface area contributed by atoms with E-state index in [4.69, 9.17) is 0 Å². The quantitative estimate of drug-likeness (QED) is 0.466. The van der Waals surface area contributed by atoms with Crippen molar-refractivity contribution in [1.82, 2.24) is 4.98 Å². The molecule has 0 N–H and O–H groups in total. The summed E-state index contributed by atoms with van der Waals surface area (Å²) in [6, 6.07) is 3.87. The third-order valence-corrected chi connectivity index (χ3v) is 2.47. The highest BCUT2D eigenvalue weighted by Gasteiger charge is 2.08. The average molecular weight is 273 g/mol. The topological polar surface area (TPSA) is 25.2 Å². The minimum Gasteiger partial charge on any atom is -0.249 e. The van der Waals surface area contributed by atoms with Gasteiger partial charge in [-0.1, -0.05) is 0 Å². The average Bonchev–Trinajstić information content (AvgIpc) is 2.01. The summed E-state index contributed by atoms with van der Waals surface area (Å²) >= 11 is 4.88. The molecule has 0 saturated carbocycles. The van der Waals surface area contributed by atoms with Crippen molar-refractivity contribution in [3.8, 4) is 0 Å². The minimum absolute atomic E-state index is 0.167. The van der Waals surface area contributed by atoms with Crippen molar-refractivity contribution in [2.24, 2.45) is 4.40 Å². The normalized spacial score (nSPS) is 12.3. The molecule has 0 atom stereocenters. The summed E-state index contributed by atoms with van der Waals surface area (Å²) in [5, 5.41) is 0. The van der Waals surface area contributed by atoms with Crippen LogP contribution in [0.4, 0.5) is 0 Å². The van der Waals surface area contributed by atoms with Crippen LogP contribution in [0.15, 0.2) is 27.3 Å². The van der Waals surface area contributed by atoms with Crippen molar-refractivity contribution in [2.75, 3.05) is 0 Å². The summed E-state index contributed by atoms with van der Waals surface area (Å²) in [6.07, 6.45) is 3.61. The van der Waals surface area contributed by atoms with Crippen molar-refractivity contribution >= 4 is 34.1 Å². The van der Waals surface area contributed by atoms with Gasteiger partial charge in [-0.25, -0.2) is 9.38 Å². The lowest BCUT2D eigenvalue weighted by Gasteiger charge is -2.11. The SMILES string of the molecule is CC(C)(C)S/N=C/c1ccnc(Br)c1. The Morgan fingerprint density at radius 1 is 1.50 bits per heavy atom. The van der Waals surface area contributed by atoms with E-state index in [1.165, 1.54) is 0 Å². The van der Waals surface area contributed by atoms with Gasteiger partial charge in [0, 0.05) is 17.2 Å². The molecule has 1 rings (SSSR count). The van der Waals surface area contributed by atoms with Crippen molar-refractivity contribution in [3.63, 3.8) is 0 Å². The van der Waals surface area contributed by atoms with Gasteiger partial charge in [0.05, 0.1) is 0 Å². The highest BCUT2D eigenvalue weighted by molar-refractivity contribution is 9.10. The summed E-state index contributed by atoms with van der Waals surface area (Å²) in [7, 11) is 0. The lowest BCUT2D eigenvalue weighted by atomic mass is 10.3. The van der Waals surface area contributed by atoms with Crippen LogP contribution in [0, 0.1) is 0 Å². The van der Waals surface area contributed by atoms with E-state index < -0.39 is 0 Å². The Hall–Kier alpha value is -0.350. The van der Waals surface area contributed by atoms with Crippen LogP contribution in [0.2, 0.25) is 0 Å². The van der Waals surface area contributed by atoms with E-state index in [9.17, 15) is 0 Å². The zero-order valence-electron chi connectivity index (χ0n) is 8.49. The van der Waals surface area contributed by atoms with Gasteiger partial charge < -0.3 is 0 Å². The van der Waals surface area contributed by atoms with E-state index in [0.717, 1.165) is 10.2 Å². The third-order valence-electron chi connectivity index (χ3n) is 1.28. The van der Waals surface area contributed by atoms with Crippen LogP contribution in [-0.4, -0.2) is 15.9 Å². The second kappa shape index (κ2) is 4.94. The summed E-state index contributed by atoms with van der Waals surface area (Å²) in [4.78, 5) is 4.04. The van der Waals surface area contributed by atoms with E-state index in [2.05, 4.69) is 46.1 Å². The third kappa shape index (κ3) is 4.77. The fourth-order valence-electron chi connectivity index (χ4n) is 0.743. The van der Waals surface area contributed by atoms with Gasteiger partial charge in [-0.05, 0) is 66.3 Å². The predicted molar refractivity (Wildman–Crippen MR) is 66.9 cm³/mol. The number of hydrogen-bond donors (Lipinski definition) is 0. The minimum atomic E-state index is 0.167. The van der Waals surface area contributed by atoms with E-state index in [1.807, 2.05) is 18.3 Å². The predicted octanol–water partition coefficient (Wildman–Crippen LogP) is 3.71. The molecule has 0 spiro atoms. The van der Waals surface area contributed by atoms with Gasteiger partial charge in [0.25, 0.3) is 0 Å². The molecule has 0 fully saturated rings. The Morgan fingerprint density at radius 3 is 2.79 bits per heavy atom. The number of hydrogen-bond acceptors (Lipinski definition) is 3. The monoisotopic (exact) mass is 272 g/mol. The molecule has 0 aliphatic heterocycles. The molecule has 1 aromatic heterocycles. The van der Waals surface area contributed by atoms with Crippen molar-refractivity contribution in [2.45, 2.75) is 25.5 Å². The molecule has 0 aromatic carbocycles. The molecule has 1 heterocycles. The van der Waals surface area contributed by atoms with Gasteiger partial charge in [-0.3, -0.25) is 0 Å². The van der Waals surface area contributed by atoms with Crippen molar-refractivity contribution < 1.29 is 0 Å². The van der Waals surface area contributed by atoms with Crippen LogP contribution in [0.25, 0.3) is 0 Å². The van der Waals surface area contributed by atoms with E-state index in [0.29, 0.717) is 0 Å². The number of aromatic nitrogens is 1. The number of pyridine rings is 1. The van der Waals surface area contributed by atoms with Crippen molar-refractivity contribution in [3.05, 3.63) is 28.5 Å². The van der Waals surface area contributed by atoms with Crippen LogP contribution < -0.4 is 0 Å². The molecule has 0 unspecified atom stereocenters. The molecular weight excluding hydrogens is 260 g/mol. The van der Waals surface area contributed by atoms with E-state index >= 15 is 0 Å². The number of rotatable bonds is 2. The molecule has 0 bridgehead atoms. The van der Waals surface area contributed by atoms with Crippen LogP contribution >= 0.6 is 27.9 Å². The summed E-state index contributed by atoms with van der Waals surface area (Å²) in [5.74, 6) is 0. The maximum atomic E-state index is 4.30. The lowest BCUT2D eigenvalue weighted by molar-refractivity contribution is 0.804. The Labute approximate surface area is 97.5 Å². The van der Waals surface area contributed by atoms with E-state index in [1.54, 1.807) is 18.1 Å². The zero-order chi connectivity index (χ0) is 10.6. The first kappa shape index (κ1) is 11.7. The largest absolute Gasteiger partial charge is 0.249 e.